The molecule has 0 aliphatic heterocycles. The Labute approximate surface area is 147 Å². The molecule has 0 atom stereocenters. The Balaban J connectivity index is 2.23. The molecule has 0 amide bonds. The summed E-state index contributed by atoms with van der Waals surface area (Å²) in [6.45, 7) is 2.86. The Morgan fingerprint density at radius 2 is 1.92 bits per heavy atom. The van der Waals surface area contributed by atoms with E-state index in [1.165, 1.54) is 0 Å². The van der Waals surface area contributed by atoms with Gasteiger partial charge in [-0.2, -0.15) is 5.26 Å². The van der Waals surface area contributed by atoms with E-state index in [0.717, 1.165) is 11.1 Å². The highest BCUT2D eigenvalue weighted by atomic mass is 32.1. The second-order valence-corrected chi connectivity index (χ2v) is 5.39. The molecule has 0 unspecified atom stereocenters. The van der Waals surface area contributed by atoms with Crippen LogP contribution in [0.1, 0.15) is 18.1 Å². The quantitative estimate of drug-likeness (QED) is 0.472. The molecular formula is C19H18N2O2S. The molecule has 0 aromatic heterocycles. The lowest BCUT2D eigenvalue weighted by Gasteiger charge is -2.13. The fraction of sp³-hybridized carbons (Fsp3) is 0.158. The van der Waals surface area contributed by atoms with Crippen LogP contribution >= 0.6 is 12.2 Å². The van der Waals surface area contributed by atoms with Gasteiger partial charge in [0.25, 0.3) is 0 Å². The van der Waals surface area contributed by atoms with Crippen LogP contribution in [0, 0.1) is 11.3 Å². The minimum Gasteiger partial charge on any atom is -0.490 e. The van der Waals surface area contributed by atoms with Crippen molar-refractivity contribution in [1.29, 1.82) is 5.26 Å². The van der Waals surface area contributed by atoms with E-state index in [0.29, 0.717) is 24.7 Å². The number of nitriles is 1. The van der Waals surface area contributed by atoms with Crippen LogP contribution in [0.25, 0.3) is 6.08 Å². The summed E-state index contributed by atoms with van der Waals surface area (Å²) in [5, 5.41) is 9.05. The minimum absolute atomic E-state index is 0.0693. The van der Waals surface area contributed by atoms with E-state index in [1.54, 1.807) is 12.1 Å². The zero-order valence-electron chi connectivity index (χ0n) is 13.4. The maximum atomic E-state index is 9.05. The monoisotopic (exact) mass is 338 g/mol. The second-order valence-electron chi connectivity index (χ2n) is 4.95. The van der Waals surface area contributed by atoms with E-state index < -0.39 is 0 Å². The Morgan fingerprint density at radius 1 is 1.17 bits per heavy atom. The van der Waals surface area contributed by atoms with Crippen molar-refractivity contribution in [2.45, 2.75) is 13.5 Å². The molecule has 2 aromatic carbocycles. The molecule has 4 nitrogen and oxygen atoms in total. The van der Waals surface area contributed by atoms with Crippen molar-refractivity contribution >= 4 is 23.3 Å². The van der Waals surface area contributed by atoms with Crippen molar-refractivity contribution < 1.29 is 9.47 Å². The molecule has 0 radical (unpaired) electrons. The van der Waals surface area contributed by atoms with Gasteiger partial charge in [-0.1, -0.05) is 48.6 Å². The molecule has 5 heteroatoms. The van der Waals surface area contributed by atoms with Gasteiger partial charge in [-0.3, -0.25) is 0 Å². The van der Waals surface area contributed by atoms with Gasteiger partial charge in [0, 0.05) is 0 Å². The Kier molecular flexibility index (Phi) is 6.35. The second kappa shape index (κ2) is 8.70. The van der Waals surface area contributed by atoms with Crippen LogP contribution in [-0.4, -0.2) is 11.6 Å². The SMILES string of the molecule is CCOc1cc(C=C(C#N)C(N)=S)ccc1OCc1ccccc1. The number of thiocarbonyl (C=S) groups is 1. The lowest BCUT2D eigenvalue weighted by molar-refractivity contribution is 0.269. The van der Waals surface area contributed by atoms with Gasteiger partial charge >= 0.3 is 0 Å². The lowest BCUT2D eigenvalue weighted by Crippen LogP contribution is -2.09. The summed E-state index contributed by atoms with van der Waals surface area (Å²) in [7, 11) is 0. The molecule has 24 heavy (non-hydrogen) atoms. The smallest absolute Gasteiger partial charge is 0.161 e. The van der Waals surface area contributed by atoms with Gasteiger partial charge in [-0.05, 0) is 36.3 Å². The van der Waals surface area contributed by atoms with Gasteiger partial charge in [-0.25, -0.2) is 0 Å². The van der Waals surface area contributed by atoms with E-state index >= 15 is 0 Å². The summed E-state index contributed by atoms with van der Waals surface area (Å²) in [5.74, 6) is 1.26. The van der Waals surface area contributed by atoms with Crippen molar-refractivity contribution in [3.63, 3.8) is 0 Å². The molecule has 0 aliphatic carbocycles. The zero-order valence-corrected chi connectivity index (χ0v) is 14.2. The van der Waals surface area contributed by atoms with Gasteiger partial charge in [0.1, 0.15) is 17.7 Å². The van der Waals surface area contributed by atoms with Crippen LogP contribution in [0.3, 0.4) is 0 Å². The number of ether oxygens (including phenoxy) is 2. The third-order valence-electron chi connectivity index (χ3n) is 3.20. The number of benzene rings is 2. The van der Waals surface area contributed by atoms with Gasteiger partial charge < -0.3 is 15.2 Å². The van der Waals surface area contributed by atoms with Gasteiger partial charge in [0.2, 0.25) is 0 Å². The molecule has 122 valence electrons. The highest BCUT2D eigenvalue weighted by Crippen LogP contribution is 2.30. The summed E-state index contributed by atoms with van der Waals surface area (Å²) in [5.41, 5.74) is 7.62. The minimum atomic E-state index is 0.0693. The summed E-state index contributed by atoms with van der Waals surface area (Å²) >= 11 is 4.85. The van der Waals surface area contributed by atoms with E-state index in [4.69, 9.17) is 32.7 Å². The van der Waals surface area contributed by atoms with Gasteiger partial charge in [0.15, 0.2) is 11.5 Å². The first-order chi connectivity index (χ1) is 11.6. The Morgan fingerprint density at radius 3 is 2.54 bits per heavy atom. The van der Waals surface area contributed by atoms with Gasteiger partial charge in [0.05, 0.1) is 12.2 Å². The summed E-state index contributed by atoms with van der Waals surface area (Å²) in [6, 6.07) is 17.3. The third kappa shape index (κ3) is 4.83. The topological polar surface area (TPSA) is 68.3 Å². The maximum Gasteiger partial charge on any atom is 0.161 e. The molecule has 0 aliphatic rings. The summed E-state index contributed by atoms with van der Waals surface area (Å²) in [4.78, 5) is 0.0693. The maximum absolute atomic E-state index is 9.05. The molecular weight excluding hydrogens is 320 g/mol. The van der Waals surface area contributed by atoms with Crippen LogP contribution < -0.4 is 15.2 Å². The summed E-state index contributed by atoms with van der Waals surface area (Å²) < 4.78 is 11.5. The van der Waals surface area contributed by atoms with Gasteiger partial charge in [-0.15, -0.1) is 0 Å². The molecule has 2 N–H and O–H groups in total. The van der Waals surface area contributed by atoms with Crippen molar-refractivity contribution in [1.82, 2.24) is 0 Å². The molecule has 2 rings (SSSR count). The highest BCUT2D eigenvalue weighted by Gasteiger charge is 2.08. The van der Waals surface area contributed by atoms with Crippen molar-refractivity contribution in [2.75, 3.05) is 6.61 Å². The molecule has 0 fully saturated rings. The Hall–Kier alpha value is -2.84. The fourth-order valence-corrected chi connectivity index (χ4v) is 2.17. The van der Waals surface area contributed by atoms with Crippen LogP contribution in [0.5, 0.6) is 11.5 Å². The molecule has 0 spiro atoms. The van der Waals surface area contributed by atoms with Crippen LogP contribution in [0.2, 0.25) is 0 Å². The molecule has 0 saturated carbocycles. The average molecular weight is 338 g/mol. The molecule has 2 aromatic rings. The van der Waals surface area contributed by atoms with E-state index in [2.05, 4.69) is 0 Å². The van der Waals surface area contributed by atoms with Crippen LogP contribution in [0.4, 0.5) is 0 Å². The number of hydrogen-bond acceptors (Lipinski definition) is 4. The standard InChI is InChI=1S/C19H18N2O2S/c1-2-22-18-11-15(10-16(12-20)19(21)24)8-9-17(18)23-13-14-6-4-3-5-7-14/h3-11H,2,13H2,1H3,(H2,21,24). The first kappa shape index (κ1) is 17.5. The number of rotatable bonds is 7. The summed E-state index contributed by atoms with van der Waals surface area (Å²) in [6.07, 6.45) is 1.63. The predicted octanol–water partition coefficient (Wildman–Crippen LogP) is 3.86. The normalized spacial score (nSPS) is 10.8. The average Bonchev–Trinajstić information content (AvgIpc) is 2.60. The largest absolute Gasteiger partial charge is 0.490 e. The highest BCUT2D eigenvalue weighted by molar-refractivity contribution is 7.80. The fourth-order valence-electron chi connectivity index (χ4n) is 2.06. The predicted molar refractivity (Wildman–Crippen MR) is 98.8 cm³/mol. The van der Waals surface area contributed by atoms with Crippen LogP contribution in [0.15, 0.2) is 54.1 Å². The Bertz CT molecular complexity index is 780. The van der Waals surface area contributed by atoms with E-state index in [-0.39, 0.29) is 10.6 Å². The number of hydrogen-bond donors (Lipinski definition) is 1. The number of nitrogens with two attached hydrogens (primary N) is 1. The van der Waals surface area contributed by atoms with E-state index in [1.807, 2.05) is 55.5 Å². The van der Waals surface area contributed by atoms with Crippen molar-refractivity contribution in [3.05, 3.63) is 65.2 Å². The number of nitrogens with zero attached hydrogens (tertiary/aromatic N) is 1. The van der Waals surface area contributed by atoms with E-state index in [9.17, 15) is 0 Å². The molecule has 0 heterocycles. The van der Waals surface area contributed by atoms with Crippen LogP contribution in [-0.2, 0) is 6.61 Å². The van der Waals surface area contributed by atoms with Crippen molar-refractivity contribution in [2.24, 2.45) is 5.73 Å². The zero-order chi connectivity index (χ0) is 17.4. The third-order valence-corrected chi connectivity index (χ3v) is 3.42. The molecule has 0 bridgehead atoms. The first-order valence-electron chi connectivity index (χ1n) is 7.49. The van der Waals surface area contributed by atoms with Crippen molar-refractivity contribution in [3.8, 4) is 17.6 Å². The first-order valence-corrected chi connectivity index (χ1v) is 7.90. The lowest BCUT2D eigenvalue weighted by atomic mass is 10.1. The molecule has 0 saturated heterocycles.